The first kappa shape index (κ1) is 15.5. The number of hydrogen-bond acceptors (Lipinski definition) is 4. The van der Waals surface area contributed by atoms with E-state index in [0.717, 1.165) is 0 Å². The smallest absolute Gasteiger partial charge is 0.335 e. The van der Waals surface area contributed by atoms with Gasteiger partial charge >= 0.3 is 5.97 Å². The van der Waals surface area contributed by atoms with Crippen LogP contribution in [0.3, 0.4) is 0 Å². The molecule has 1 aromatic carbocycles. The summed E-state index contributed by atoms with van der Waals surface area (Å²) in [6.45, 7) is 0.394. The summed E-state index contributed by atoms with van der Waals surface area (Å²) in [5.41, 5.74) is 5.26. The maximum atomic E-state index is 12.5. The van der Waals surface area contributed by atoms with Crippen molar-refractivity contribution in [2.45, 2.75) is 17.7 Å². The molecule has 114 valence electrons. The number of carbonyl (C=O) groups is 2. The van der Waals surface area contributed by atoms with Crippen LogP contribution in [-0.2, 0) is 14.8 Å². The van der Waals surface area contributed by atoms with Gasteiger partial charge in [0.1, 0.15) is 0 Å². The summed E-state index contributed by atoms with van der Waals surface area (Å²) in [5, 5.41) is 8.81. The average molecular weight is 312 g/mol. The molecule has 0 radical (unpaired) electrons. The van der Waals surface area contributed by atoms with Gasteiger partial charge in [-0.2, -0.15) is 4.31 Å². The van der Waals surface area contributed by atoms with Gasteiger partial charge in [-0.25, -0.2) is 13.2 Å². The topological polar surface area (TPSA) is 118 Å². The molecule has 1 aliphatic heterocycles. The minimum Gasteiger partial charge on any atom is -0.478 e. The first-order valence-corrected chi connectivity index (χ1v) is 7.89. The van der Waals surface area contributed by atoms with Crippen LogP contribution in [0.2, 0.25) is 0 Å². The third-order valence-electron chi connectivity index (χ3n) is 3.53. The summed E-state index contributed by atoms with van der Waals surface area (Å²) in [6, 6.07) is 4.99. The number of carbonyl (C=O) groups excluding carboxylic acids is 1. The number of nitrogens with two attached hydrogens (primary N) is 1. The molecule has 0 spiro atoms. The van der Waals surface area contributed by atoms with Crippen molar-refractivity contribution in [3.8, 4) is 0 Å². The van der Waals surface area contributed by atoms with Gasteiger partial charge in [-0.3, -0.25) is 4.79 Å². The van der Waals surface area contributed by atoms with Crippen LogP contribution < -0.4 is 5.73 Å². The third kappa shape index (κ3) is 3.22. The third-order valence-corrected chi connectivity index (χ3v) is 5.40. The molecule has 0 aromatic heterocycles. The highest BCUT2D eigenvalue weighted by atomic mass is 32.2. The molecule has 1 fully saturated rings. The summed E-state index contributed by atoms with van der Waals surface area (Å²) in [4.78, 5) is 22.0. The molecule has 0 aliphatic carbocycles. The monoisotopic (exact) mass is 312 g/mol. The maximum absolute atomic E-state index is 12.5. The Bertz CT molecular complexity index is 654. The molecule has 1 heterocycles. The van der Waals surface area contributed by atoms with Gasteiger partial charge in [0.25, 0.3) is 0 Å². The lowest BCUT2D eigenvalue weighted by Crippen LogP contribution is -2.44. The quantitative estimate of drug-likeness (QED) is 0.827. The molecule has 1 atom stereocenters. The normalized spacial score (nSPS) is 20.1. The van der Waals surface area contributed by atoms with Crippen LogP contribution in [0, 0.1) is 5.92 Å². The molecule has 7 nitrogen and oxygen atoms in total. The molecule has 3 N–H and O–H groups in total. The standard InChI is InChI=1S/C13H16N2O5S/c14-12(16)10-2-1-7-15(8-10)21(19,20)11-5-3-9(4-6-11)13(17)18/h3-6,10H,1-2,7-8H2,(H2,14,16)(H,17,18)/t10-/m1/s1. The first-order valence-electron chi connectivity index (χ1n) is 6.45. The second kappa shape index (κ2) is 5.82. The number of carboxylic acid groups (broad SMARTS) is 1. The minimum absolute atomic E-state index is 0.0117. The summed E-state index contributed by atoms with van der Waals surface area (Å²) in [5.74, 6) is -2.10. The van der Waals surface area contributed by atoms with E-state index in [4.69, 9.17) is 10.8 Å². The van der Waals surface area contributed by atoms with E-state index < -0.39 is 27.8 Å². The summed E-state index contributed by atoms with van der Waals surface area (Å²) in [6.07, 6.45) is 1.15. The fourth-order valence-corrected chi connectivity index (χ4v) is 3.84. The van der Waals surface area contributed by atoms with Crippen LogP contribution in [0.25, 0.3) is 0 Å². The lowest BCUT2D eigenvalue weighted by molar-refractivity contribution is -0.122. The van der Waals surface area contributed by atoms with E-state index in [1.54, 1.807) is 0 Å². The number of carboxylic acids is 1. The number of piperidine rings is 1. The first-order chi connectivity index (χ1) is 9.82. The number of nitrogens with zero attached hydrogens (tertiary/aromatic N) is 1. The van der Waals surface area contributed by atoms with Crippen molar-refractivity contribution in [2.75, 3.05) is 13.1 Å². The highest BCUT2D eigenvalue weighted by molar-refractivity contribution is 7.89. The van der Waals surface area contributed by atoms with Gasteiger partial charge in [-0.1, -0.05) is 0 Å². The van der Waals surface area contributed by atoms with Crippen LogP contribution in [0.1, 0.15) is 23.2 Å². The zero-order valence-corrected chi connectivity index (χ0v) is 12.0. The van der Waals surface area contributed by atoms with Crippen molar-refractivity contribution in [1.82, 2.24) is 4.31 Å². The Morgan fingerprint density at radius 2 is 1.86 bits per heavy atom. The van der Waals surface area contributed by atoms with Gasteiger partial charge in [0.15, 0.2) is 0 Å². The molecule has 2 rings (SSSR count). The Kier molecular flexibility index (Phi) is 4.29. The molecule has 0 bridgehead atoms. The lowest BCUT2D eigenvalue weighted by atomic mass is 9.99. The Morgan fingerprint density at radius 1 is 1.24 bits per heavy atom. The Balaban J connectivity index is 2.24. The predicted octanol–water partition coefficient (Wildman–Crippen LogP) is 0.271. The van der Waals surface area contributed by atoms with Crippen LogP contribution in [-0.4, -0.2) is 42.8 Å². The Morgan fingerprint density at radius 3 is 2.38 bits per heavy atom. The van der Waals surface area contributed by atoms with Crippen molar-refractivity contribution >= 4 is 21.9 Å². The van der Waals surface area contributed by atoms with Crippen molar-refractivity contribution < 1.29 is 23.1 Å². The van der Waals surface area contributed by atoms with E-state index in [1.165, 1.54) is 28.6 Å². The van der Waals surface area contributed by atoms with Crippen molar-refractivity contribution in [2.24, 2.45) is 11.7 Å². The van der Waals surface area contributed by atoms with E-state index in [2.05, 4.69) is 0 Å². The zero-order chi connectivity index (χ0) is 15.6. The number of hydrogen-bond donors (Lipinski definition) is 2. The molecule has 1 amide bonds. The molecule has 1 saturated heterocycles. The zero-order valence-electron chi connectivity index (χ0n) is 11.2. The van der Waals surface area contributed by atoms with Crippen LogP contribution in [0.4, 0.5) is 0 Å². The molecule has 8 heteroatoms. The SMILES string of the molecule is NC(=O)[C@@H]1CCCN(S(=O)(=O)c2ccc(C(=O)O)cc2)C1. The largest absolute Gasteiger partial charge is 0.478 e. The van der Waals surface area contributed by atoms with Crippen LogP contribution in [0.15, 0.2) is 29.2 Å². The van der Waals surface area contributed by atoms with Crippen molar-refractivity contribution in [3.63, 3.8) is 0 Å². The van der Waals surface area contributed by atoms with E-state index in [-0.39, 0.29) is 17.0 Å². The van der Waals surface area contributed by atoms with Crippen LogP contribution >= 0.6 is 0 Å². The van der Waals surface area contributed by atoms with E-state index in [1.807, 2.05) is 0 Å². The molecule has 0 saturated carbocycles. The number of primary amides is 1. The van der Waals surface area contributed by atoms with Crippen LogP contribution in [0.5, 0.6) is 0 Å². The summed E-state index contributed by atoms with van der Waals surface area (Å²) < 4.78 is 26.1. The lowest BCUT2D eigenvalue weighted by Gasteiger charge is -2.30. The van der Waals surface area contributed by atoms with Crippen molar-refractivity contribution in [1.29, 1.82) is 0 Å². The van der Waals surface area contributed by atoms with Gasteiger partial charge in [0.2, 0.25) is 15.9 Å². The summed E-state index contributed by atoms with van der Waals surface area (Å²) >= 11 is 0. The number of benzene rings is 1. The highest BCUT2D eigenvalue weighted by Crippen LogP contribution is 2.23. The summed E-state index contributed by atoms with van der Waals surface area (Å²) in [7, 11) is -3.74. The Hall–Kier alpha value is -1.93. The Labute approximate surface area is 122 Å². The number of rotatable bonds is 4. The van der Waals surface area contributed by atoms with E-state index in [0.29, 0.717) is 19.4 Å². The second-order valence-electron chi connectivity index (χ2n) is 4.93. The fourth-order valence-electron chi connectivity index (χ4n) is 2.31. The maximum Gasteiger partial charge on any atom is 0.335 e. The molecule has 1 aromatic rings. The predicted molar refractivity (Wildman–Crippen MR) is 74.1 cm³/mol. The molecular formula is C13H16N2O5S. The van der Waals surface area contributed by atoms with Gasteiger partial charge in [-0.05, 0) is 37.1 Å². The van der Waals surface area contributed by atoms with E-state index >= 15 is 0 Å². The molecular weight excluding hydrogens is 296 g/mol. The fraction of sp³-hybridized carbons (Fsp3) is 0.385. The number of aromatic carboxylic acids is 1. The minimum atomic E-state index is -3.74. The van der Waals surface area contributed by atoms with Crippen molar-refractivity contribution in [3.05, 3.63) is 29.8 Å². The van der Waals surface area contributed by atoms with Gasteiger partial charge in [0.05, 0.1) is 16.4 Å². The van der Waals surface area contributed by atoms with Gasteiger partial charge < -0.3 is 10.8 Å². The average Bonchev–Trinajstić information content (AvgIpc) is 2.47. The molecule has 0 unspecified atom stereocenters. The van der Waals surface area contributed by atoms with E-state index in [9.17, 15) is 18.0 Å². The van der Waals surface area contributed by atoms with Gasteiger partial charge in [0, 0.05) is 13.1 Å². The second-order valence-corrected chi connectivity index (χ2v) is 6.87. The molecule has 1 aliphatic rings. The molecule has 21 heavy (non-hydrogen) atoms. The van der Waals surface area contributed by atoms with Gasteiger partial charge in [-0.15, -0.1) is 0 Å². The number of sulfonamides is 1. The highest BCUT2D eigenvalue weighted by Gasteiger charge is 2.32. The number of amides is 1.